The molecule has 0 aliphatic carbocycles. The van der Waals surface area contributed by atoms with Gasteiger partial charge in [0.25, 0.3) is 0 Å². The Kier molecular flexibility index (Phi) is 2.64. The van der Waals surface area contributed by atoms with Crippen molar-refractivity contribution in [3.05, 3.63) is 54.1 Å². The van der Waals surface area contributed by atoms with Crippen molar-refractivity contribution in [3.63, 3.8) is 0 Å². The Morgan fingerprint density at radius 1 is 1.14 bits per heavy atom. The molecule has 0 saturated heterocycles. The summed E-state index contributed by atoms with van der Waals surface area (Å²) < 4.78 is 0. The highest BCUT2D eigenvalue weighted by molar-refractivity contribution is 5.97. The van der Waals surface area contributed by atoms with Crippen LogP contribution in [0.25, 0.3) is 11.0 Å². The molecule has 0 spiro atoms. The van der Waals surface area contributed by atoms with Crippen molar-refractivity contribution >= 4 is 28.6 Å². The van der Waals surface area contributed by atoms with Gasteiger partial charge in [-0.05, 0) is 23.8 Å². The number of hydrogen-bond acceptors (Lipinski definition) is 3. The Morgan fingerprint density at radius 3 is 2.81 bits per heavy atom. The zero-order valence-electron chi connectivity index (χ0n) is 11.3. The smallest absolute Gasteiger partial charge is 0.249 e. The molecule has 0 radical (unpaired) electrons. The zero-order chi connectivity index (χ0) is 14.2. The van der Waals surface area contributed by atoms with Crippen molar-refractivity contribution in [1.29, 1.82) is 0 Å². The first-order valence-electron chi connectivity index (χ1n) is 6.90. The molecule has 1 aliphatic rings. The number of para-hydroxylation sites is 3. The van der Waals surface area contributed by atoms with Crippen molar-refractivity contribution in [2.75, 3.05) is 10.6 Å². The molecule has 0 fully saturated rings. The number of nitrogens with zero attached hydrogens (tertiary/aromatic N) is 1. The number of H-pyrrole nitrogens is 1. The van der Waals surface area contributed by atoms with E-state index in [1.807, 2.05) is 48.5 Å². The van der Waals surface area contributed by atoms with Crippen LogP contribution in [0.15, 0.2) is 48.5 Å². The molecule has 0 saturated carbocycles. The highest BCUT2D eigenvalue weighted by Gasteiger charge is 2.26. The van der Waals surface area contributed by atoms with E-state index < -0.39 is 0 Å². The van der Waals surface area contributed by atoms with Gasteiger partial charge in [0.05, 0.1) is 11.0 Å². The molecule has 1 amide bonds. The second-order valence-electron chi connectivity index (χ2n) is 5.15. The Bertz CT molecular complexity index is 766. The lowest BCUT2D eigenvalue weighted by Crippen LogP contribution is -2.33. The molecular weight excluding hydrogens is 264 g/mol. The number of amides is 1. The first-order valence-corrected chi connectivity index (χ1v) is 6.90. The van der Waals surface area contributed by atoms with E-state index in [1.54, 1.807) is 0 Å². The van der Waals surface area contributed by atoms with E-state index in [4.69, 9.17) is 0 Å². The van der Waals surface area contributed by atoms with Crippen molar-refractivity contribution in [2.24, 2.45) is 0 Å². The maximum atomic E-state index is 12.3. The van der Waals surface area contributed by atoms with Crippen molar-refractivity contribution in [3.8, 4) is 0 Å². The average molecular weight is 278 g/mol. The Hall–Kier alpha value is -2.82. The standard InChI is InChI=1S/C16H14N4O/c21-15(14-9-10-5-1-2-6-11(10)17-14)20-16-18-12-7-3-4-8-13(12)19-16/h1-8,14,17H,9H2,(H2,18,19,20,21). The molecule has 5 heteroatoms. The molecule has 5 nitrogen and oxygen atoms in total. The number of carbonyl (C=O) groups excluding carboxylic acids is 1. The van der Waals surface area contributed by atoms with Gasteiger partial charge in [0.2, 0.25) is 11.9 Å². The molecule has 4 rings (SSSR count). The van der Waals surface area contributed by atoms with E-state index >= 15 is 0 Å². The molecule has 2 heterocycles. The van der Waals surface area contributed by atoms with Gasteiger partial charge >= 0.3 is 0 Å². The van der Waals surface area contributed by atoms with Crippen LogP contribution in [0.5, 0.6) is 0 Å². The third-order valence-corrected chi connectivity index (χ3v) is 3.72. The number of nitrogens with one attached hydrogen (secondary N) is 3. The molecule has 104 valence electrons. The van der Waals surface area contributed by atoms with Crippen LogP contribution in [-0.2, 0) is 11.2 Å². The van der Waals surface area contributed by atoms with Crippen LogP contribution in [-0.4, -0.2) is 21.9 Å². The largest absolute Gasteiger partial charge is 0.373 e. The lowest BCUT2D eigenvalue weighted by molar-refractivity contribution is -0.116. The quantitative estimate of drug-likeness (QED) is 0.674. The molecule has 3 aromatic rings. The minimum absolute atomic E-state index is 0.0785. The van der Waals surface area contributed by atoms with Gasteiger partial charge in [-0.1, -0.05) is 30.3 Å². The zero-order valence-corrected chi connectivity index (χ0v) is 11.3. The predicted molar refractivity (Wildman–Crippen MR) is 82.3 cm³/mol. The molecule has 1 aromatic heterocycles. The number of benzene rings is 2. The van der Waals surface area contributed by atoms with Crippen molar-refractivity contribution < 1.29 is 4.79 Å². The summed E-state index contributed by atoms with van der Waals surface area (Å²) in [7, 11) is 0. The van der Waals surface area contributed by atoms with Crippen molar-refractivity contribution in [2.45, 2.75) is 12.5 Å². The molecule has 1 atom stereocenters. The van der Waals surface area contributed by atoms with E-state index in [0.29, 0.717) is 12.4 Å². The fourth-order valence-corrected chi connectivity index (χ4v) is 2.67. The van der Waals surface area contributed by atoms with Crippen LogP contribution in [0, 0.1) is 0 Å². The fraction of sp³-hybridized carbons (Fsp3) is 0.125. The number of hydrogen-bond donors (Lipinski definition) is 3. The number of anilines is 2. The van der Waals surface area contributed by atoms with E-state index in [9.17, 15) is 4.79 Å². The normalized spacial score (nSPS) is 16.5. The molecule has 3 N–H and O–H groups in total. The molecular formula is C16H14N4O. The topological polar surface area (TPSA) is 69.8 Å². The van der Waals surface area contributed by atoms with Gasteiger partial charge in [-0.25, -0.2) is 4.98 Å². The second kappa shape index (κ2) is 4.63. The molecule has 21 heavy (non-hydrogen) atoms. The first kappa shape index (κ1) is 12.0. The van der Waals surface area contributed by atoms with Gasteiger partial charge in [-0.15, -0.1) is 0 Å². The lowest BCUT2D eigenvalue weighted by atomic mass is 10.1. The summed E-state index contributed by atoms with van der Waals surface area (Å²) in [5.74, 6) is 0.407. The third-order valence-electron chi connectivity index (χ3n) is 3.72. The minimum Gasteiger partial charge on any atom is -0.373 e. The van der Waals surface area contributed by atoms with Gasteiger partial charge in [-0.2, -0.15) is 0 Å². The SMILES string of the molecule is O=C(Nc1nc2ccccc2[nH]1)C1Cc2ccccc2N1. The van der Waals surface area contributed by atoms with Gasteiger partial charge in [0, 0.05) is 12.1 Å². The van der Waals surface area contributed by atoms with Gasteiger partial charge in [0.1, 0.15) is 6.04 Å². The van der Waals surface area contributed by atoms with Crippen LogP contribution in [0.4, 0.5) is 11.6 Å². The Morgan fingerprint density at radius 2 is 1.95 bits per heavy atom. The Balaban J connectivity index is 1.52. The maximum Gasteiger partial charge on any atom is 0.249 e. The number of aromatic amines is 1. The average Bonchev–Trinajstić information content (AvgIpc) is 3.10. The van der Waals surface area contributed by atoms with Gasteiger partial charge < -0.3 is 10.3 Å². The predicted octanol–water partition coefficient (Wildman–Crippen LogP) is 2.54. The number of carbonyl (C=O) groups is 1. The highest BCUT2D eigenvalue weighted by Crippen LogP contribution is 2.25. The van der Waals surface area contributed by atoms with E-state index in [1.165, 1.54) is 5.56 Å². The fourth-order valence-electron chi connectivity index (χ4n) is 2.67. The molecule has 0 bridgehead atoms. The van der Waals surface area contributed by atoms with Gasteiger partial charge in [-0.3, -0.25) is 10.1 Å². The molecule has 2 aromatic carbocycles. The minimum atomic E-state index is -0.254. The Labute approximate surface area is 121 Å². The van der Waals surface area contributed by atoms with Gasteiger partial charge in [0.15, 0.2) is 0 Å². The number of rotatable bonds is 2. The summed E-state index contributed by atoms with van der Waals surface area (Å²) in [5, 5.41) is 6.07. The maximum absolute atomic E-state index is 12.3. The first-order chi connectivity index (χ1) is 10.3. The van der Waals surface area contributed by atoms with Crippen molar-refractivity contribution in [1.82, 2.24) is 9.97 Å². The summed E-state index contributed by atoms with van der Waals surface area (Å²) >= 11 is 0. The number of fused-ring (bicyclic) bond motifs is 2. The monoisotopic (exact) mass is 278 g/mol. The number of aromatic nitrogens is 2. The second-order valence-corrected chi connectivity index (χ2v) is 5.15. The van der Waals surface area contributed by atoms with E-state index in [0.717, 1.165) is 16.7 Å². The van der Waals surface area contributed by atoms with Crippen LogP contribution in [0.1, 0.15) is 5.56 Å². The van der Waals surface area contributed by atoms with Crippen LogP contribution < -0.4 is 10.6 Å². The lowest BCUT2D eigenvalue weighted by Gasteiger charge is -2.09. The van der Waals surface area contributed by atoms with E-state index in [-0.39, 0.29) is 11.9 Å². The summed E-state index contributed by atoms with van der Waals surface area (Å²) in [6.45, 7) is 0. The summed E-state index contributed by atoms with van der Waals surface area (Å²) in [4.78, 5) is 19.8. The highest BCUT2D eigenvalue weighted by atomic mass is 16.2. The van der Waals surface area contributed by atoms with Crippen LogP contribution in [0.2, 0.25) is 0 Å². The molecule has 1 aliphatic heterocycles. The third kappa shape index (κ3) is 2.12. The van der Waals surface area contributed by atoms with Crippen LogP contribution >= 0.6 is 0 Å². The summed E-state index contributed by atoms with van der Waals surface area (Å²) in [6, 6.07) is 15.4. The summed E-state index contributed by atoms with van der Waals surface area (Å²) in [5.41, 5.74) is 3.95. The molecule has 1 unspecified atom stereocenters. The van der Waals surface area contributed by atoms with Crippen LogP contribution in [0.3, 0.4) is 0 Å². The summed E-state index contributed by atoms with van der Waals surface area (Å²) in [6.07, 6.45) is 0.697. The number of imidazole rings is 1. The van der Waals surface area contributed by atoms with E-state index in [2.05, 4.69) is 20.6 Å².